The van der Waals surface area contributed by atoms with Crippen LogP contribution in [0, 0.1) is 17.8 Å². The summed E-state index contributed by atoms with van der Waals surface area (Å²) in [6.07, 6.45) is 15.4. The summed E-state index contributed by atoms with van der Waals surface area (Å²) >= 11 is 0. The molecule has 0 amide bonds. The van der Waals surface area contributed by atoms with E-state index in [1.165, 1.54) is 57.8 Å². The smallest absolute Gasteiger partial charge is 0.293 e. The van der Waals surface area contributed by atoms with Crippen molar-refractivity contribution < 1.29 is 14.3 Å². The molecule has 0 spiro atoms. The van der Waals surface area contributed by atoms with Crippen LogP contribution in [-0.2, 0) is 14.3 Å². The van der Waals surface area contributed by atoms with Crippen molar-refractivity contribution in [2.24, 2.45) is 17.8 Å². The predicted molar refractivity (Wildman–Crippen MR) is 94.2 cm³/mol. The van der Waals surface area contributed by atoms with Crippen LogP contribution >= 0.6 is 0 Å². The maximum Gasteiger partial charge on any atom is 0.293 e. The first-order valence-electron chi connectivity index (χ1n) is 9.73. The Morgan fingerprint density at radius 3 is 2.13 bits per heavy atom. The van der Waals surface area contributed by atoms with Gasteiger partial charge in [0.15, 0.2) is 0 Å². The summed E-state index contributed by atoms with van der Waals surface area (Å²) in [5.74, 6) is 2.72. The van der Waals surface area contributed by atoms with Crippen molar-refractivity contribution in [3.05, 3.63) is 0 Å². The van der Waals surface area contributed by atoms with Crippen LogP contribution in [-0.4, -0.2) is 18.9 Å². The Morgan fingerprint density at radius 1 is 1.00 bits per heavy atom. The van der Waals surface area contributed by atoms with E-state index in [1.807, 2.05) is 0 Å². The molecule has 0 unspecified atom stereocenters. The van der Waals surface area contributed by atoms with Crippen molar-refractivity contribution in [3.63, 3.8) is 0 Å². The number of carbonyl (C=O) groups is 2. The third kappa shape index (κ3) is 9.12. The van der Waals surface area contributed by atoms with E-state index in [0.717, 1.165) is 31.1 Å². The van der Waals surface area contributed by atoms with Gasteiger partial charge in [-0.1, -0.05) is 45.4 Å². The molecule has 3 heteroatoms. The second-order valence-corrected chi connectivity index (χ2v) is 7.38. The van der Waals surface area contributed by atoms with Gasteiger partial charge in [0.2, 0.25) is 0 Å². The van der Waals surface area contributed by atoms with Gasteiger partial charge in [-0.2, -0.15) is 0 Å². The van der Waals surface area contributed by atoms with E-state index in [2.05, 4.69) is 11.7 Å². The molecule has 0 radical (unpaired) electrons. The molecule has 0 aromatic heterocycles. The first-order chi connectivity index (χ1) is 11.2. The summed E-state index contributed by atoms with van der Waals surface area (Å²) in [7, 11) is 0. The number of hydrogen-bond donors (Lipinski definition) is 0. The number of ether oxygens (including phenoxy) is 1. The maximum atomic E-state index is 11.1. The Kier molecular flexibility index (Phi) is 11.0. The van der Waals surface area contributed by atoms with E-state index in [1.54, 1.807) is 6.92 Å². The maximum absolute atomic E-state index is 11.1. The third-order valence-electron chi connectivity index (χ3n) is 5.54. The summed E-state index contributed by atoms with van der Waals surface area (Å²) in [5.41, 5.74) is 0. The van der Waals surface area contributed by atoms with Gasteiger partial charge >= 0.3 is 0 Å². The third-order valence-corrected chi connectivity index (χ3v) is 5.54. The first-order valence-corrected chi connectivity index (χ1v) is 9.73. The molecule has 2 fully saturated rings. The van der Waals surface area contributed by atoms with Gasteiger partial charge in [0.1, 0.15) is 5.78 Å². The average Bonchev–Trinajstić information content (AvgIpc) is 2.50. The Labute approximate surface area is 142 Å². The normalized spacial score (nSPS) is 24.1. The predicted octanol–water partition coefficient (Wildman–Crippen LogP) is 5.31. The molecule has 2 rings (SSSR count). The lowest BCUT2D eigenvalue weighted by molar-refractivity contribution is -0.128. The fourth-order valence-electron chi connectivity index (χ4n) is 3.71. The monoisotopic (exact) mass is 324 g/mol. The van der Waals surface area contributed by atoms with Gasteiger partial charge < -0.3 is 4.74 Å². The second-order valence-electron chi connectivity index (χ2n) is 7.38. The highest BCUT2D eigenvalue weighted by molar-refractivity contribution is 5.78. The zero-order chi connectivity index (χ0) is 16.9. The van der Waals surface area contributed by atoms with Crippen LogP contribution in [0.4, 0.5) is 0 Å². The number of carbonyl (C=O) groups excluding carboxylic acids is 2. The van der Waals surface area contributed by atoms with Gasteiger partial charge in [0.05, 0.1) is 6.61 Å². The molecular formula is C20H36O3. The highest BCUT2D eigenvalue weighted by Gasteiger charge is 2.22. The topological polar surface area (TPSA) is 43.4 Å². The molecule has 0 aliphatic heterocycles. The van der Waals surface area contributed by atoms with Crippen molar-refractivity contribution in [1.29, 1.82) is 0 Å². The van der Waals surface area contributed by atoms with Crippen molar-refractivity contribution in [2.45, 2.75) is 90.9 Å². The largest absolute Gasteiger partial charge is 0.468 e. The molecule has 0 saturated heterocycles. The molecule has 2 saturated carbocycles. The van der Waals surface area contributed by atoms with E-state index in [0.29, 0.717) is 24.8 Å². The van der Waals surface area contributed by atoms with Crippen molar-refractivity contribution in [1.82, 2.24) is 0 Å². The number of Topliss-reactive ketones (excluding diaryl/α,β-unsaturated/α-hetero) is 1. The number of ketones is 1. The quantitative estimate of drug-likeness (QED) is 0.426. The molecule has 3 nitrogen and oxygen atoms in total. The van der Waals surface area contributed by atoms with E-state index in [4.69, 9.17) is 0 Å². The Morgan fingerprint density at radius 2 is 1.65 bits per heavy atom. The fraction of sp³-hybridized carbons (Fsp3) is 0.900. The Balaban J connectivity index is 0.000000231. The minimum Gasteiger partial charge on any atom is -0.468 e. The van der Waals surface area contributed by atoms with Crippen LogP contribution in [0.15, 0.2) is 0 Å². The number of hydrogen-bond acceptors (Lipinski definition) is 3. The average molecular weight is 325 g/mol. The zero-order valence-electron chi connectivity index (χ0n) is 15.2. The van der Waals surface area contributed by atoms with Crippen molar-refractivity contribution in [2.75, 3.05) is 6.61 Å². The minimum atomic E-state index is 0.401. The van der Waals surface area contributed by atoms with Crippen LogP contribution in [0.2, 0.25) is 0 Å². The SMILES string of the molecule is CCCC1CCC(C(C)=O)CC1.O=COCCCCC1CCC1. The standard InChI is InChI=1S/C11H20O.C9H16O2/c1-3-4-10-5-7-11(8-6-10)9(2)12;10-8-11-7-2-1-4-9-5-3-6-9/h10-11H,3-8H2,1-2H3;8-9H,1-7H2. The van der Waals surface area contributed by atoms with Crippen LogP contribution in [0.1, 0.15) is 90.9 Å². The molecule has 0 bridgehead atoms. The first kappa shape index (κ1) is 20.2. The molecule has 2 aliphatic carbocycles. The highest BCUT2D eigenvalue weighted by Crippen LogP contribution is 2.32. The summed E-state index contributed by atoms with van der Waals surface area (Å²) in [4.78, 5) is 20.8. The molecular weight excluding hydrogens is 288 g/mol. The zero-order valence-corrected chi connectivity index (χ0v) is 15.2. The van der Waals surface area contributed by atoms with Crippen LogP contribution in [0.25, 0.3) is 0 Å². The molecule has 0 N–H and O–H groups in total. The summed E-state index contributed by atoms with van der Waals surface area (Å²) < 4.78 is 4.59. The second kappa shape index (κ2) is 12.5. The van der Waals surface area contributed by atoms with E-state index in [9.17, 15) is 9.59 Å². The van der Waals surface area contributed by atoms with Gasteiger partial charge in [-0.25, -0.2) is 0 Å². The van der Waals surface area contributed by atoms with Crippen LogP contribution < -0.4 is 0 Å². The molecule has 0 heterocycles. The lowest BCUT2D eigenvalue weighted by Crippen LogP contribution is -2.19. The lowest BCUT2D eigenvalue weighted by atomic mass is 9.79. The number of rotatable bonds is 9. The van der Waals surface area contributed by atoms with E-state index < -0.39 is 0 Å². The molecule has 0 aromatic carbocycles. The van der Waals surface area contributed by atoms with Crippen molar-refractivity contribution >= 4 is 12.3 Å². The minimum absolute atomic E-state index is 0.401. The molecule has 0 atom stereocenters. The van der Waals surface area contributed by atoms with Gasteiger partial charge in [-0.3, -0.25) is 9.59 Å². The molecule has 2 aliphatic rings. The Hall–Kier alpha value is -0.860. The summed E-state index contributed by atoms with van der Waals surface area (Å²) in [6.45, 7) is 5.13. The Bertz CT molecular complexity index is 315. The summed E-state index contributed by atoms with van der Waals surface area (Å²) in [6, 6.07) is 0. The molecule has 134 valence electrons. The molecule has 23 heavy (non-hydrogen) atoms. The summed E-state index contributed by atoms with van der Waals surface area (Å²) in [5, 5.41) is 0. The van der Waals surface area contributed by atoms with Gasteiger partial charge in [0, 0.05) is 5.92 Å². The van der Waals surface area contributed by atoms with Gasteiger partial charge in [-0.15, -0.1) is 0 Å². The van der Waals surface area contributed by atoms with E-state index in [-0.39, 0.29) is 0 Å². The van der Waals surface area contributed by atoms with Crippen LogP contribution in [0.5, 0.6) is 0 Å². The number of unbranched alkanes of at least 4 members (excludes halogenated alkanes) is 1. The molecule has 0 aromatic rings. The van der Waals surface area contributed by atoms with E-state index >= 15 is 0 Å². The van der Waals surface area contributed by atoms with Crippen molar-refractivity contribution in [3.8, 4) is 0 Å². The van der Waals surface area contributed by atoms with Crippen LogP contribution in [0.3, 0.4) is 0 Å². The highest BCUT2D eigenvalue weighted by atomic mass is 16.5. The fourth-order valence-corrected chi connectivity index (χ4v) is 3.71. The van der Waals surface area contributed by atoms with Gasteiger partial charge in [-0.05, 0) is 57.3 Å². The van der Waals surface area contributed by atoms with Gasteiger partial charge in [0.25, 0.3) is 6.47 Å². The lowest BCUT2D eigenvalue weighted by Gasteiger charge is -2.26.